The highest BCUT2D eigenvalue weighted by atomic mass is 16.5. The standard InChI is InChI=1S/C14H17N3O4/c1-2-21-14(20)11-9(10(11)13(19)17-15)12(18)16-8-6-4-3-5-7-8/h3-7,9-11H,2,15H2,1H3,(H,16,18)(H,17,19)/t9-,10-,11-/m0/s1. The van der Waals surface area contributed by atoms with Crippen molar-refractivity contribution in [1.82, 2.24) is 5.43 Å². The van der Waals surface area contributed by atoms with Gasteiger partial charge in [-0.2, -0.15) is 0 Å². The lowest BCUT2D eigenvalue weighted by Gasteiger charge is -2.04. The van der Waals surface area contributed by atoms with Gasteiger partial charge in [0.15, 0.2) is 0 Å². The van der Waals surface area contributed by atoms with Crippen LogP contribution in [0.15, 0.2) is 30.3 Å². The third-order valence-electron chi connectivity index (χ3n) is 3.37. The second-order valence-corrected chi connectivity index (χ2v) is 4.69. The predicted molar refractivity (Wildman–Crippen MR) is 74.5 cm³/mol. The van der Waals surface area contributed by atoms with Crippen LogP contribution in [0.5, 0.6) is 0 Å². The Bertz CT molecular complexity index is 546. The Kier molecular flexibility index (Phi) is 4.54. The van der Waals surface area contributed by atoms with Gasteiger partial charge in [-0.15, -0.1) is 0 Å². The van der Waals surface area contributed by atoms with E-state index in [9.17, 15) is 14.4 Å². The van der Waals surface area contributed by atoms with Crippen LogP contribution in [0.25, 0.3) is 0 Å². The molecule has 1 aromatic rings. The summed E-state index contributed by atoms with van der Waals surface area (Å²) in [6, 6.07) is 8.80. The first-order valence-corrected chi connectivity index (χ1v) is 6.63. The Balaban J connectivity index is 2.07. The van der Waals surface area contributed by atoms with Gasteiger partial charge in [0.05, 0.1) is 24.4 Å². The highest BCUT2D eigenvalue weighted by Crippen LogP contribution is 2.48. The smallest absolute Gasteiger partial charge is 0.310 e. The Morgan fingerprint density at radius 2 is 1.71 bits per heavy atom. The van der Waals surface area contributed by atoms with E-state index < -0.39 is 35.5 Å². The highest BCUT2D eigenvalue weighted by molar-refractivity contribution is 6.05. The van der Waals surface area contributed by atoms with Gasteiger partial charge in [-0.25, -0.2) is 5.84 Å². The van der Waals surface area contributed by atoms with Gasteiger partial charge >= 0.3 is 5.97 Å². The zero-order chi connectivity index (χ0) is 15.4. The summed E-state index contributed by atoms with van der Waals surface area (Å²) in [5.41, 5.74) is 2.58. The molecule has 1 aromatic carbocycles. The summed E-state index contributed by atoms with van der Waals surface area (Å²) in [5, 5.41) is 2.67. The van der Waals surface area contributed by atoms with E-state index in [-0.39, 0.29) is 6.61 Å². The minimum atomic E-state index is -0.780. The number of nitrogens with one attached hydrogen (secondary N) is 2. The van der Waals surface area contributed by atoms with Crippen LogP contribution in [0.3, 0.4) is 0 Å². The maximum Gasteiger partial charge on any atom is 0.310 e. The predicted octanol–water partition coefficient (Wildman–Crippen LogP) is 0.0403. The maximum atomic E-state index is 12.2. The molecule has 1 aliphatic carbocycles. The largest absolute Gasteiger partial charge is 0.466 e. The lowest BCUT2D eigenvalue weighted by Crippen LogP contribution is -2.33. The fourth-order valence-corrected chi connectivity index (χ4v) is 2.34. The number of ether oxygens (including phenoxy) is 1. The molecule has 0 bridgehead atoms. The molecule has 0 unspecified atom stereocenters. The van der Waals surface area contributed by atoms with E-state index in [1.807, 2.05) is 11.5 Å². The number of carbonyl (C=O) groups is 3. The van der Waals surface area contributed by atoms with Gasteiger partial charge in [0.1, 0.15) is 0 Å². The fourth-order valence-electron chi connectivity index (χ4n) is 2.34. The van der Waals surface area contributed by atoms with Crippen molar-refractivity contribution in [2.75, 3.05) is 11.9 Å². The fraction of sp³-hybridized carbons (Fsp3) is 0.357. The molecule has 4 N–H and O–H groups in total. The number of rotatable bonds is 5. The third-order valence-corrected chi connectivity index (χ3v) is 3.37. The van der Waals surface area contributed by atoms with Crippen LogP contribution >= 0.6 is 0 Å². The van der Waals surface area contributed by atoms with Crippen molar-refractivity contribution in [1.29, 1.82) is 0 Å². The van der Waals surface area contributed by atoms with E-state index in [1.54, 1.807) is 31.2 Å². The molecule has 0 saturated heterocycles. The molecule has 112 valence electrons. The number of hydrogen-bond acceptors (Lipinski definition) is 5. The third kappa shape index (κ3) is 3.19. The SMILES string of the molecule is CCOC(=O)[C@@H]1[C@@H](C(=O)NN)[C@@H]1C(=O)Nc1ccccc1. The summed E-state index contributed by atoms with van der Waals surface area (Å²) >= 11 is 0. The number of hydrazine groups is 1. The number of carbonyl (C=O) groups excluding carboxylic acids is 3. The number of amides is 2. The van der Waals surface area contributed by atoms with E-state index in [0.29, 0.717) is 5.69 Å². The molecule has 0 heterocycles. The van der Waals surface area contributed by atoms with E-state index in [4.69, 9.17) is 10.6 Å². The minimum absolute atomic E-state index is 0.194. The molecule has 0 aromatic heterocycles. The number of nitrogens with two attached hydrogens (primary N) is 1. The van der Waals surface area contributed by atoms with E-state index in [0.717, 1.165) is 0 Å². The van der Waals surface area contributed by atoms with Crippen LogP contribution in [0, 0.1) is 17.8 Å². The summed E-state index contributed by atoms with van der Waals surface area (Å²) < 4.78 is 4.88. The molecule has 1 fully saturated rings. The molecular formula is C14H17N3O4. The van der Waals surface area contributed by atoms with Crippen LogP contribution in [0.4, 0.5) is 5.69 Å². The monoisotopic (exact) mass is 291 g/mol. The maximum absolute atomic E-state index is 12.2. The van der Waals surface area contributed by atoms with Gasteiger partial charge in [-0.1, -0.05) is 18.2 Å². The average molecular weight is 291 g/mol. The van der Waals surface area contributed by atoms with Crippen LogP contribution in [-0.4, -0.2) is 24.4 Å². The Morgan fingerprint density at radius 1 is 1.10 bits per heavy atom. The second kappa shape index (κ2) is 6.36. The molecule has 2 amide bonds. The summed E-state index contributed by atoms with van der Waals surface area (Å²) in [5.74, 6) is 1.27. The summed E-state index contributed by atoms with van der Waals surface area (Å²) in [4.78, 5) is 35.6. The lowest BCUT2D eigenvalue weighted by molar-refractivity contribution is -0.146. The van der Waals surface area contributed by atoms with Gasteiger partial charge < -0.3 is 10.1 Å². The first kappa shape index (κ1) is 15.0. The molecule has 21 heavy (non-hydrogen) atoms. The van der Waals surface area contributed by atoms with Crippen molar-refractivity contribution < 1.29 is 19.1 Å². The molecule has 7 heteroatoms. The van der Waals surface area contributed by atoms with Crippen LogP contribution in [-0.2, 0) is 19.1 Å². The van der Waals surface area contributed by atoms with Gasteiger partial charge in [0.25, 0.3) is 0 Å². The van der Waals surface area contributed by atoms with Crippen LogP contribution < -0.4 is 16.6 Å². The van der Waals surface area contributed by atoms with E-state index in [2.05, 4.69) is 5.32 Å². The van der Waals surface area contributed by atoms with Crippen molar-refractivity contribution in [2.24, 2.45) is 23.6 Å². The molecule has 3 atom stereocenters. The van der Waals surface area contributed by atoms with Crippen molar-refractivity contribution in [2.45, 2.75) is 6.92 Å². The zero-order valence-corrected chi connectivity index (χ0v) is 11.5. The number of benzene rings is 1. The quantitative estimate of drug-likeness (QED) is 0.307. The summed E-state index contributed by atoms with van der Waals surface area (Å²) in [6.45, 7) is 1.86. The van der Waals surface area contributed by atoms with Crippen molar-refractivity contribution in [3.05, 3.63) is 30.3 Å². The molecule has 0 radical (unpaired) electrons. The van der Waals surface area contributed by atoms with Crippen molar-refractivity contribution in [3.8, 4) is 0 Å². The molecule has 0 spiro atoms. The molecule has 7 nitrogen and oxygen atoms in total. The number of esters is 1. The molecule has 0 aliphatic heterocycles. The Labute approximate surface area is 121 Å². The zero-order valence-electron chi connectivity index (χ0n) is 11.5. The molecule has 2 rings (SSSR count). The first-order chi connectivity index (χ1) is 10.1. The average Bonchev–Trinajstić information content (AvgIpc) is 3.23. The number of anilines is 1. The summed E-state index contributed by atoms with van der Waals surface area (Å²) in [7, 11) is 0. The van der Waals surface area contributed by atoms with Crippen molar-refractivity contribution in [3.63, 3.8) is 0 Å². The van der Waals surface area contributed by atoms with Gasteiger partial charge in [-0.05, 0) is 19.1 Å². The van der Waals surface area contributed by atoms with E-state index in [1.165, 1.54) is 0 Å². The Morgan fingerprint density at radius 3 is 2.29 bits per heavy atom. The van der Waals surface area contributed by atoms with Crippen molar-refractivity contribution >= 4 is 23.5 Å². The number of para-hydroxylation sites is 1. The molecule has 1 aliphatic rings. The lowest BCUT2D eigenvalue weighted by atomic mass is 10.2. The second-order valence-electron chi connectivity index (χ2n) is 4.69. The molecule has 1 saturated carbocycles. The van der Waals surface area contributed by atoms with Gasteiger partial charge in [-0.3, -0.25) is 19.8 Å². The normalized spacial score (nSPS) is 23.0. The van der Waals surface area contributed by atoms with Gasteiger partial charge in [0, 0.05) is 5.69 Å². The highest BCUT2D eigenvalue weighted by Gasteiger charge is 2.63. The number of hydrogen-bond donors (Lipinski definition) is 3. The van der Waals surface area contributed by atoms with Crippen LogP contribution in [0.1, 0.15) is 6.92 Å². The topological polar surface area (TPSA) is 111 Å². The summed E-state index contributed by atoms with van der Waals surface area (Å²) in [6.07, 6.45) is 0. The molecular weight excluding hydrogens is 274 g/mol. The van der Waals surface area contributed by atoms with Crippen LogP contribution in [0.2, 0.25) is 0 Å². The first-order valence-electron chi connectivity index (χ1n) is 6.63. The van der Waals surface area contributed by atoms with E-state index >= 15 is 0 Å². The Hall–Kier alpha value is -2.41. The minimum Gasteiger partial charge on any atom is -0.466 e. The van der Waals surface area contributed by atoms with Gasteiger partial charge in [0.2, 0.25) is 11.8 Å².